The molecule has 0 fully saturated rings. The Hall–Kier alpha value is -1.90. The lowest BCUT2D eigenvalue weighted by atomic mass is 10.1. The first kappa shape index (κ1) is 13.2. The number of aromatic hydroxyl groups is 1. The highest BCUT2D eigenvalue weighted by Gasteiger charge is 2.02. The van der Waals surface area contributed by atoms with E-state index in [1.807, 2.05) is 19.1 Å². The van der Waals surface area contributed by atoms with Crippen molar-refractivity contribution in [3.05, 3.63) is 48.2 Å². The lowest BCUT2D eigenvalue weighted by Crippen LogP contribution is -2.16. The maximum atomic E-state index is 9.46. The van der Waals surface area contributed by atoms with E-state index in [9.17, 15) is 5.11 Å². The van der Waals surface area contributed by atoms with Gasteiger partial charge in [-0.15, -0.1) is 0 Å². The summed E-state index contributed by atoms with van der Waals surface area (Å²) in [6.45, 7) is 10.4. The Morgan fingerprint density at radius 2 is 2.12 bits per heavy atom. The average molecular weight is 233 g/mol. The van der Waals surface area contributed by atoms with E-state index in [2.05, 4.69) is 18.5 Å². The van der Waals surface area contributed by atoms with E-state index in [1.54, 1.807) is 13.2 Å². The van der Waals surface area contributed by atoms with Gasteiger partial charge in [0, 0.05) is 12.2 Å². The molecule has 1 rings (SSSR count). The van der Waals surface area contributed by atoms with Gasteiger partial charge in [0.2, 0.25) is 0 Å². The third kappa shape index (κ3) is 3.87. The Labute approximate surface area is 102 Å². The number of phenols is 1. The summed E-state index contributed by atoms with van der Waals surface area (Å²) >= 11 is 0. The number of allylic oxidation sites excluding steroid dienone is 1. The molecule has 1 aromatic rings. The largest absolute Gasteiger partial charge is 0.504 e. The monoisotopic (exact) mass is 233 g/mol. The van der Waals surface area contributed by atoms with Gasteiger partial charge < -0.3 is 15.2 Å². The summed E-state index contributed by atoms with van der Waals surface area (Å²) in [5.74, 6) is 0.664. The van der Waals surface area contributed by atoms with Gasteiger partial charge in [0.05, 0.1) is 7.11 Å². The zero-order valence-electron chi connectivity index (χ0n) is 10.4. The Morgan fingerprint density at radius 3 is 2.71 bits per heavy atom. The van der Waals surface area contributed by atoms with Crippen LogP contribution in [0.3, 0.4) is 0 Å². The van der Waals surface area contributed by atoms with E-state index >= 15 is 0 Å². The molecule has 0 aromatic heterocycles. The van der Waals surface area contributed by atoms with Crippen LogP contribution in [0.4, 0.5) is 0 Å². The van der Waals surface area contributed by atoms with Crippen LogP contribution in [0.5, 0.6) is 11.5 Å². The molecule has 0 aliphatic heterocycles. The van der Waals surface area contributed by atoms with Crippen LogP contribution in [0.2, 0.25) is 0 Å². The molecule has 0 atom stereocenters. The number of ether oxygens (including phenoxy) is 1. The van der Waals surface area contributed by atoms with Gasteiger partial charge in [0.25, 0.3) is 0 Å². The first-order chi connectivity index (χ1) is 8.04. The first-order valence-corrected chi connectivity index (χ1v) is 5.49. The Morgan fingerprint density at radius 1 is 1.41 bits per heavy atom. The fourth-order valence-corrected chi connectivity index (χ4v) is 1.39. The Balaban J connectivity index is 2.52. The number of benzene rings is 1. The summed E-state index contributed by atoms with van der Waals surface area (Å²) < 4.78 is 5.05. The number of nitrogens with one attached hydrogen (secondary N) is 1. The standard InChI is InChI=1S/C14H19NO2/c1-10(2)11(3)15-8-7-12-5-6-13(16)14(9-12)17-4/h5-6,9,15-16H,1,3,7-8H2,2,4H3. The number of rotatable bonds is 6. The van der Waals surface area contributed by atoms with Crippen LogP contribution in [0.25, 0.3) is 0 Å². The van der Waals surface area contributed by atoms with E-state index in [1.165, 1.54) is 0 Å². The van der Waals surface area contributed by atoms with Gasteiger partial charge >= 0.3 is 0 Å². The van der Waals surface area contributed by atoms with Gasteiger partial charge in [-0.3, -0.25) is 0 Å². The molecular weight excluding hydrogens is 214 g/mol. The molecule has 3 nitrogen and oxygen atoms in total. The van der Waals surface area contributed by atoms with Crippen molar-refractivity contribution in [3.8, 4) is 11.5 Å². The van der Waals surface area contributed by atoms with Crippen molar-refractivity contribution in [1.29, 1.82) is 0 Å². The van der Waals surface area contributed by atoms with Crippen LogP contribution in [0.1, 0.15) is 12.5 Å². The molecule has 2 N–H and O–H groups in total. The normalized spacial score (nSPS) is 9.76. The summed E-state index contributed by atoms with van der Waals surface area (Å²) in [5, 5.41) is 12.6. The van der Waals surface area contributed by atoms with Crippen molar-refractivity contribution in [2.75, 3.05) is 13.7 Å². The minimum absolute atomic E-state index is 0.163. The average Bonchev–Trinajstić information content (AvgIpc) is 2.31. The highest BCUT2D eigenvalue weighted by molar-refractivity contribution is 5.41. The van der Waals surface area contributed by atoms with Crippen LogP contribution in [0.15, 0.2) is 42.6 Å². The van der Waals surface area contributed by atoms with Gasteiger partial charge in [0.1, 0.15) is 0 Å². The van der Waals surface area contributed by atoms with E-state index in [0.29, 0.717) is 5.75 Å². The maximum absolute atomic E-state index is 9.46. The highest BCUT2D eigenvalue weighted by atomic mass is 16.5. The molecule has 0 saturated heterocycles. The predicted octanol–water partition coefficient (Wildman–Crippen LogP) is 2.62. The van der Waals surface area contributed by atoms with Crippen molar-refractivity contribution in [2.45, 2.75) is 13.3 Å². The van der Waals surface area contributed by atoms with E-state index < -0.39 is 0 Å². The molecule has 0 bridgehead atoms. The van der Waals surface area contributed by atoms with Crippen molar-refractivity contribution in [2.24, 2.45) is 0 Å². The van der Waals surface area contributed by atoms with Crippen LogP contribution < -0.4 is 10.1 Å². The number of phenolic OH excluding ortho intramolecular Hbond substituents is 1. The topological polar surface area (TPSA) is 41.5 Å². The van der Waals surface area contributed by atoms with Gasteiger partial charge in [-0.05, 0) is 36.6 Å². The molecule has 0 unspecified atom stereocenters. The molecule has 0 amide bonds. The minimum Gasteiger partial charge on any atom is -0.504 e. The zero-order chi connectivity index (χ0) is 12.8. The Kier molecular flexibility index (Phi) is 4.64. The van der Waals surface area contributed by atoms with E-state index in [0.717, 1.165) is 29.8 Å². The second kappa shape index (κ2) is 5.99. The maximum Gasteiger partial charge on any atom is 0.160 e. The molecule has 0 radical (unpaired) electrons. The third-order valence-corrected chi connectivity index (χ3v) is 2.51. The molecular formula is C14H19NO2. The van der Waals surface area contributed by atoms with E-state index in [-0.39, 0.29) is 5.75 Å². The van der Waals surface area contributed by atoms with Gasteiger partial charge in [-0.1, -0.05) is 19.2 Å². The quantitative estimate of drug-likeness (QED) is 0.742. The van der Waals surface area contributed by atoms with Crippen LogP contribution >= 0.6 is 0 Å². The predicted molar refractivity (Wildman–Crippen MR) is 70.3 cm³/mol. The number of hydrogen-bond donors (Lipinski definition) is 2. The molecule has 0 aliphatic rings. The summed E-state index contributed by atoms with van der Waals surface area (Å²) in [6, 6.07) is 5.35. The minimum atomic E-state index is 0.163. The Bertz CT molecular complexity index is 424. The molecule has 1 aromatic carbocycles. The number of hydrogen-bond acceptors (Lipinski definition) is 3. The van der Waals surface area contributed by atoms with Crippen LogP contribution in [-0.4, -0.2) is 18.8 Å². The smallest absolute Gasteiger partial charge is 0.160 e. The SMILES string of the molecule is C=C(C)C(=C)NCCc1ccc(O)c(OC)c1. The molecule has 0 saturated carbocycles. The fourth-order valence-electron chi connectivity index (χ4n) is 1.39. The second-order valence-electron chi connectivity index (χ2n) is 3.94. The van der Waals surface area contributed by atoms with Crippen molar-refractivity contribution in [1.82, 2.24) is 5.32 Å². The summed E-state index contributed by atoms with van der Waals surface area (Å²) in [7, 11) is 1.54. The second-order valence-corrected chi connectivity index (χ2v) is 3.94. The van der Waals surface area contributed by atoms with E-state index in [4.69, 9.17) is 4.74 Å². The first-order valence-electron chi connectivity index (χ1n) is 5.49. The lowest BCUT2D eigenvalue weighted by molar-refractivity contribution is 0.373. The third-order valence-electron chi connectivity index (χ3n) is 2.51. The van der Waals surface area contributed by atoms with Gasteiger partial charge in [0.15, 0.2) is 11.5 Å². The van der Waals surface area contributed by atoms with Gasteiger partial charge in [-0.25, -0.2) is 0 Å². The lowest BCUT2D eigenvalue weighted by Gasteiger charge is -2.10. The zero-order valence-corrected chi connectivity index (χ0v) is 10.4. The molecule has 92 valence electrons. The molecule has 0 aliphatic carbocycles. The summed E-state index contributed by atoms with van der Waals surface area (Å²) in [6.07, 6.45) is 0.836. The molecule has 0 spiro atoms. The summed E-state index contributed by atoms with van der Waals surface area (Å²) in [5.41, 5.74) is 2.89. The summed E-state index contributed by atoms with van der Waals surface area (Å²) in [4.78, 5) is 0. The number of methoxy groups -OCH3 is 1. The van der Waals surface area contributed by atoms with Crippen LogP contribution in [0, 0.1) is 0 Å². The molecule has 0 heterocycles. The van der Waals surface area contributed by atoms with Crippen LogP contribution in [-0.2, 0) is 6.42 Å². The fraction of sp³-hybridized carbons (Fsp3) is 0.286. The van der Waals surface area contributed by atoms with Crippen molar-refractivity contribution < 1.29 is 9.84 Å². The van der Waals surface area contributed by atoms with Crippen molar-refractivity contribution >= 4 is 0 Å². The van der Waals surface area contributed by atoms with Gasteiger partial charge in [-0.2, -0.15) is 0 Å². The molecule has 3 heteroatoms. The van der Waals surface area contributed by atoms with Crippen molar-refractivity contribution in [3.63, 3.8) is 0 Å². The highest BCUT2D eigenvalue weighted by Crippen LogP contribution is 2.26. The molecule has 17 heavy (non-hydrogen) atoms.